The summed E-state index contributed by atoms with van der Waals surface area (Å²) in [4.78, 5) is 32.0. The second-order valence-electron chi connectivity index (χ2n) is 7.49. The van der Waals surface area contributed by atoms with Gasteiger partial charge in [-0.1, -0.05) is 61.9 Å². The summed E-state index contributed by atoms with van der Waals surface area (Å²) in [7, 11) is 0. The summed E-state index contributed by atoms with van der Waals surface area (Å²) in [6, 6.07) is 16.5. The maximum absolute atomic E-state index is 12.8. The van der Waals surface area contributed by atoms with Gasteiger partial charge in [0.1, 0.15) is 0 Å². The summed E-state index contributed by atoms with van der Waals surface area (Å²) in [5, 5.41) is 3.05. The number of aliphatic imine (C=N–C) groups is 1. The van der Waals surface area contributed by atoms with Crippen LogP contribution in [0.1, 0.15) is 46.0 Å². The second-order valence-corrected chi connectivity index (χ2v) is 7.49. The third-order valence-corrected chi connectivity index (χ3v) is 5.50. The fourth-order valence-corrected chi connectivity index (χ4v) is 4.05. The molecule has 2 unspecified atom stereocenters. The van der Waals surface area contributed by atoms with Gasteiger partial charge in [-0.15, -0.1) is 0 Å². The summed E-state index contributed by atoms with van der Waals surface area (Å²) in [5.41, 5.74) is 3.00. The zero-order chi connectivity index (χ0) is 20.2. The molecule has 4 rings (SSSR count). The molecule has 0 spiro atoms. The predicted molar refractivity (Wildman–Crippen MR) is 114 cm³/mol. The van der Waals surface area contributed by atoms with Crippen LogP contribution in [0.5, 0.6) is 0 Å². The molecule has 5 nitrogen and oxygen atoms in total. The highest BCUT2D eigenvalue weighted by Gasteiger charge is 2.34. The fraction of sp³-hybridized carbons (Fsp3) is 0.292. The summed E-state index contributed by atoms with van der Waals surface area (Å²) < 4.78 is 0. The van der Waals surface area contributed by atoms with Crippen molar-refractivity contribution in [2.45, 2.75) is 31.8 Å². The lowest BCUT2D eigenvalue weighted by molar-refractivity contribution is 0.0947. The van der Waals surface area contributed by atoms with Crippen molar-refractivity contribution in [2.24, 2.45) is 4.99 Å². The summed E-state index contributed by atoms with van der Waals surface area (Å²) in [5.74, 6) is -0.247. The van der Waals surface area contributed by atoms with Crippen LogP contribution in [0.15, 0.2) is 71.2 Å². The van der Waals surface area contributed by atoms with Crippen molar-refractivity contribution < 1.29 is 9.59 Å². The largest absolute Gasteiger partial charge is 0.350 e. The van der Waals surface area contributed by atoms with Gasteiger partial charge in [0, 0.05) is 23.2 Å². The first-order valence-electron chi connectivity index (χ1n) is 10.1. The van der Waals surface area contributed by atoms with E-state index in [-0.39, 0.29) is 17.7 Å². The van der Waals surface area contributed by atoms with Gasteiger partial charge in [-0.2, -0.15) is 0 Å². The lowest BCUT2D eigenvalue weighted by Gasteiger charge is -2.26. The van der Waals surface area contributed by atoms with Gasteiger partial charge in [0.2, 0.25) is 0 Å². The Labute approximate surface area is 171 Å². The monoisotopic (exact) mass is 387 g/mol. The Kier molecular flexibility index (Phi) is 5.56. The number of benzene rings is 2. The van der Waals surface area contributed by atoms with E-state index in [4.69, 9.17) is 0 Å². The Morgan fingerprint density at radius 1 is 1.07 bits per heavy atom. The topological polar surface area (TPSA) is 61.8 Å². The van der Waals surface area contributed by atoms with E-state index in [9.17, 15) is 9.59 Å². The van der Waals surface area contributed by atoms with Gasteiger partial charge in [-0.05, 0) is 24.1 Å². The third-order valence-electron chi connectivity index (χ3n) is 5.50. The van der Waals surface area contributed by atoms with E-state index in [1.165, 1.54) is 5.57 Å². The van der Waals surface area contributed by atoms with Crippen LogP contribution in [0.3, 0.4) is 0 Å². The third kappa shape index (κ3) is 3.99. The van der Waals surface area contributed by atoms with Crippen molar-refractivity contribution in [1.29, 1.82) is 0 Å². The lowest BCUT2D eigenvalue weighted by atomic mass is 10.0. The van der Waals surface area contributed by atoms with Crippen molar-refractivity contribution in [3.8, 4) is 0 Å². The van der Waals surface area contributed by atoms with Gasteiger partial charge in [-0.3, -0.25) is 14.6 Å². The maximum atomic E-state index is 12.8. The van der Waals surface area contributed by atoms with Gasteiger partial charge in [0.05, 0.1) is 25.0 Å². The molecule has 0 aliphatic carbocycles. The first-order valence-corrected chi connectivity index (χ1v) is 10.1. The van der Waals surface area contributed by atoms with E-state index in [0.717, 1.165) is 19.4 Å². The molecule has 0 fully saturated rings. The molecule has 2 atom stereocenters. The van der Waals surface area contributed by atoms with E-state index in [0.29, 0.717) is 29.3 Å². The highest BCUT2D eigenvalue weighted by atomic mass is 16.1. The molecule has 2 aromatic rings. The average molecular weight is 387 g/mol. The number of carbonyl (C=O) groups is 2. The molecule has 2 aromatic carbocycles. The number of amides is 1. The van der Waals surface area contributed by atoms with Gasteiger partial charge in [0.25, 0.3) is 5.91 Å². The highest BCUT2D eigenvalue weighted by molar-refractivity contribution is 6.10. The van der Waals surface area contributed by atoms with Crippen molar-refractivity contribution in [1.82, 2.24) is 10.2 Å². The van der Waals surface area contributed by atoms with Gasteiger partial charge in [0.15, 0.2) is 5.78 Å². The molecular formula is C24H25N3O2. The van der Waals surface area contributed by atoms with Gasteiger partial charge in [-0.25, -0.2) is 0 Å². The quantitative estimate of drug-likeness (QED) is 0.585. The van der Waals surface area contributed by atoms with E-state index in [1.54, 1.807) is 36.4 Å². The number of hydrogen-bond donors (Lipinski definition) is 1. The second kappa shape index (κ2) is 8.43. The molecule has 1 N–H and O–H groups in total. The van der Waals surface area contributed by atoms with Crippen molar-refractivity contribution in [3.63, 3.8) is 0 Å². The van der Waals surface area contributed by atoms with Crippen LogP contribution in [-0.4, -0.2) is 48.1 Å². The smallest absolute Gasteiger partial charge is 0.251 e. The van der Waals surface area contributed by atoms with E-state index < -0.39 is 0 Å². The van der Waals surface area contributed by atoms with Crippen LogP contribution in [0.4, 0.5) is 0 Å². The summed E-state index contributed by atoms with van der Waals surface area (Å²) in [6.45, 7) is 3.49. The number of hydrogen-bond acceptors (Lipinski definition) is 4. The molecule has 2 aliphatic rings. The molecular weight excluding hydrogens is 362 g/mol. The molecule has 2 aliphatic heterocycles. The first-order chi connectivity index (χ1) is 14.2. The van der Waals surface area contributed by atoms with E-state index in [1.807, 2.05) is 24.5 Å². The normalized spacial score (nSPS) is 19.8. The molecule has 0 saturated heterocycles. The lowest BCUT2D eigenvalue weighted by Crippen LogP contribution is -2.43. The molecule has 0 bridgehead atoms. The van der Waals surface area contributed by atoms with Crippen molar-refractivity contribution in [3.05, 3.63) is 82.9 Å². The Bertz CT molecular complexity index is 965. The van der Waals surface area contributed by atoms with Crippen LogP contribution in [0, 0.1) is 0 Å². The van der Waals surface area contributed by atoms with Gasteiger partial charge < -0.3 is 10.2 Å². The molecule has 5 heteroatoms. The fourth-order valence-electron chi connectivity index (χ4n) is 4.05. The molecule has 0 saturated carbocycles. The molecule has 2 heterocycles. The standard InChI is InChI=1S/C24H25N3O2/c1-2-7-18-13-21-14-25-16-27(21)22(18)15-26-24(29)20-11-6-10-19(12-20)23(28)17-8-4-3-5-9-17/h3-6,8-13,16,21-22H,2,7,14-15H2,1H3,(H,26,29). The van der Waals surface area contributed by atoms with E-state index >= 15 is 0 Å². The zero-order valence-corrected chi connectivity index (χ0v) is 16.5. The van der Waals surface area contributed by atoms with Crippen LogP contribution in [0.2, 0.25) is 0 Å². The minimum Gasteiger partial charge on any atom is -0.350 e. The highest BCUT2D eigenvalue weighted by Crippen LogP contribution is 2.28. The maximum Gasteiger partial charge on any atom is 0.251 e. The number of fused-ring (bicyclic) bond motifs is 1. The summed E-state index contributed by atoms with van der Waals surface area (Å²) >= 11 is 0. The van der Waals surface area contributed by atoms with Crippen LogP contribution >= 0.6 is 0 Å². The number of nitrogens with zero attached hydrogens (tertiary/aromatic N) is 2. The van der Waals surface area contributed by atoms with E-state index in [2.05, 4.69) is 28.2 Å². The Morgan fingerprint density at radius 2 is 1.83 bits per heavy atom. The average Bonchev–Trinajstić information content (AvgIpc) is 3.34. The molecule has 0 radical (unpaired) electrons. The molecule has 1 amide bonds. The predicted octanol–water partition coefficient (Wildman–Crippen LogP) is 3.47. The Morgan fingerprint density at radius 3 is 2.62 bits per heavy atom. The van der Waals surface area contributed by atoms with Crippen LogP contribution in [0.25, 0.3) is 0 Å². The number of carbonyl (C=O) groups excluding carboxylic acids is 2. The van der Waals surface area contributed by atoms with Crippen LogP contribution < -0.4 is 5.32 Å². The number of ketones is 1. The summed E-state index contributed by atoms with van der Waals surface area (Å²) in [6.07, 6.45) is 6.31. The van der Waals surface area contributed by atoms with Crippen molar-refractivity contribution >= 4 is 18.0 Å². The molecule has 29 heavy (non-hydrogen) atoms. The van der Waals surface area contributed by atoms with Crippen LogP contribution in [-0.2, 0) is 0 Å². The number of nitrogens with one attached hydrogen (secondary N) is 1. The first kappa shape index (κ1) is 19.1. The Balaban J connectivity index is 1.44. The zero-order valence-electron chi connectivity index (χ0n) is 16.5. The molecule has 148 valence electrons. The minimum atomic E-state index is -0.164. The van der Waals surface area contributed by atoms with Crippen molar-refractivity contribution in [2.75, 3.05) is 13.1 Å². The Hall–Kier alpha value is -3.21. The number of rotatable bonds is 7. The SMILES string of the molecule is CCCC1=CC2CN=CN2C1CNC(=O)c1cccc(C(=O)c2ccccc2)c1. The molecule has 0 aromatic heterocycles. The van der Waals surface area contributed by atoms with Gasteiger partial charge >= 0.3 is 0 Å². The minimum absolute atomic E-state index is 0.0830.